The molecule has 0 aromatic carbocycles. The molecule has 1 aliphatic rings. The van der Waals surface area contributed by atoms with Crippen LogP contribution in [-0.2, 0) is 11.2 Å². The Balaban J connectivity index is 1.52. The zero-order valence-corrected chi connectivity index (χ0v) is 17.5. The Kier molecular flexibility index (Phi) is 5.96. The minimum atomic E-state index is -0.270. The van der Waals surface area contributed by atoms with Gasteiger partial charge in [-0.3, -0.25) is 9.59 Å². The van der Waals surface area contributed by atoms with Crippen LogP contribution in [0.1, 0.15) is 42.1 Å². The zero-order chi connectivity index (χ0) is 20.2. The van der Waals surface area contributed by atoms with Crippen molar-refractivity contribution < 1.29 is 9.21 Å². The summed E-state index contributed by atoms with van der Waals surface area (Å²) in [6, 6.07) is 8.87. The van der Waals surface area contributed by atoms with Crippen LogP contribution in [0.2, 0.25) is 0 Å². The van der Waals surface area contributed by atoms with Gasteiger partial charge < -0.3 is 9.40 Å². The molecule has 4 rings (SSSR count). The predicted octanol–water partition coefficient (Wildman–Crippen LogP) is 3.85. The van der Waals surface area contributed by atoms with Crippen LogP contribution in [0, 0.1) is 0 Å². The van der Waals surface area contributed by atoms with Crippen LogP contribution in [0.5, 0.6) is 0 Å². The summed E-state index contributed by atoms with van der Waals surface area (Å²) >= 11 is 2.81. The van der Waals surface area contributed by atoms with E-state index in [4.69, 9.17) is 4.42 Å². The van der Waals surface area contributed by atoms with Gasteiger partial charge in [0.2, 0.25) is 0 Å². The summed E-state index contributed by atoms with van der Waals surface area (Å²) in [5.74, 6) is 0.665. The van der Waals surface area contributed by atoms with Gasteiger partial charge >= 0.3 is 0 Å². The third-order valence-corrected chi connectivity index (χ3v) is 6.23. The van der Waals surface area contributed by atoms with Crippen LogP contribution in [0.25, 0.3) is 0 Å². The normalized spacial score (nSPS) is 16.2. The second kappa shape index (κ2) is 8.79. The van der Waals surface area contributed by atoms with Crippen molar-refractivity contribution in [2.45, 2.75) is 37.4 Å². The number of carbonyl (C=O) groups is 1. The summed E-state index contributed by atoms with van der Waals surface area (Å²) in [6.45, 7) is 2.03. The van der Waals surface area contributed by atoms with Crippen molar-refractivity contribution in [1.82, 2.24) is 15.0 Å². The molecule has 1 N–H and O–H groups in total. The number of furan rings is 1. The Hall–Kier alpha value is -2.65. The fraction of sp³-hybridized carbons (Fsp3) is 0.300. The number of rotatable bonds is 7. The summed E-state index contributed by atoms with van der Waals surface area (Å²) in [5.41, 5.74) is 1.40. The van der Waals surface area contributed by atoms with Gasteiger partial charge in [-0.15, -0.1) is 11.3 Å². The Morgan fingerprint density at radius 1 is 1.41 bits per heavy atom. The first-order chi connectivity index (χ1) is 14.1. The van der Waals surface area contributed by atoms with Crippen LogP contribution >= 0.6 is 23.1 Å². The summed E-state index contributed by atoms with van der Waals surface area (Å²) in [4.78, 5) is 33.0. The lowest BCUT2D eigenvalue weighted by molar-refractivity contribution is -0.130. The van der Waals surface area contributed by atoms with E-state index in [9.17, 15) is 9.59 Å². The maximum atomic E-state index is 13.0. The number of nitrogens with one attached hydrogen (secondary N) is 1. The van der Waals surface area contributed by atoms with Crippen molar-refractivity contribution in [2.75, 3.05) is 5.75 Å². The molecule has 0 fully saturated rings. The molecule has 0 aliphatic carbocycles. The van der Waals surface area contributed by atoms with E-state index in [1.165, 1.54) is 22.8 Å². The van der Waals surface area contributed by atoms with E-state index < -0.39 is 0 Å². The van der Waals surface area contributed by atoms with E-state index in [0.717, 1.165) is 29.1 Å². The molecule has 0 saturated carbocycles. The number of aromatic nitrogens is 2. The number of amides is 1. The molecule has 1 aliphatic heterocycles. The van der Waals surface area contributed by atoms with Crippen LogP contribution in [0.15, 0.2) is 61.4 Å². The monoisotopic (exact) mass is 428 g/mol. The number of H-pyrrole nitrogens is 1. The van der Waals surface area contributed by atoms with E-state index >= 15 is 0 Å². The fourth-order valence-corrected chi connectivity index (χ4v) is 4.63. The third-order valence-electron chi connectivity index (χ3n) is 4.45. The van der Waals surface area contributed by atoms with Gasteiger partial charge in [0, 0.05) is 18.2 Å². The largest absolute Gasteiger partial charge is 0.467 e. The molecule has 9 heteroatoms. The first-order valence-corrected chi connectivity index (χ1v) is 11.2. The molecule has 0 bridgehead atoms. The van der Waals surface area contributed by atoms with Gasteiger partial charge in [-0.2, -0.15) is 5.10 Å². The molecule has 7 nitrogen and oxygen atoms in total. The van der Waals surface area contributed by atoms with Gasteiger partial charge in [-0.05, 0) is 30.0 Å². The Bertz CT molecular complexity index is 1060. The quantitative estimate of drug-likeness (QED) is 0.456. The molecule has 1 amide bonds. The molecule has 1 unspecified atom stereocenters. The topological polar surface area (TPSA) is 91.6 Å². The summed E-state index contributed by atoms with van der Waals surface area (Å²) < 4.78 is 5.55. The highest BCUT2D eigenvalue weighted by Crippen LogP contribution is 2.34. The standard InChI is InChI=1S/C20H20N4O3S2/c1-2-5-13-10-18(25)22-20(21-13)29-12-19(26)24-15(16-6-3-8-27-16)11-14(23-24)17-7-4-9-28-17/h3-4,6-10,15H,2,5,11-12H2,1H3,(H,21,22,25). The second-order valence-electron chi connectivity index (χ2n) is 6.58. The first-order valence-electron chi connectivity index (χ1n) is 9.34. The minimum absolute atomic E-state index is 0.122. The Morgan fingerprint density at radius 3 is 3.03 bits per heavy atom. The van der Waals surface area contributed by atoms with Gasteiger partial charge in [0.05, 0.1) is 22.6 Å². The van der Waals surface area contributed by atoms with Gasteiger partial charge in [0.25, 0.3) is 11.5 Å². The number of thioether (sulfide) groups is 1. The molecule has 0 spiro atoms. The fourth-order valence-electron chi connectivity index (χ4n) is 3.17. The number of carbonyl (C=O) groups excluding carboxylic acids is 1. The number of hydrazone groups is 1. The molecule has 4 heterocycles. The molecular formula is C20H20N4O3S2. The number of thiophene rings is 1. The van der Waals surface area contributed by atoms with Crippen LogP contribution in [-0.4, -0.2) is 32.3 Å². The molecule has 1 atom stereocenters. The molecule has 29 heavy (non-hydrogen) atoms. The predicted molar refractivity (Wildman–Crippen MR) is 113 cm³/mol. The smallest absolute Gasteiger partial charge is 0.253 e. The first kappa shape index (κ1) is 19.7. The van der Waals surface area contributed by atoms with Crippen molar-refractivity contribution in [3.63, 3.8) is 0 Å². The molecule has 0 radical (unpaired) electrons. The van der Waals surface area contributed by atoms with E-state index in [1.54, 1.807) is 17.6 Å². The lowest BCUT2D eigenvalue weighted by Gasteiger charge is -2.19. The molecule has 0 saturated heterocycles. The summed E-state index contributed by atoms with van der Waals surface area (Å²) in [7, 11) is 0. The van der Waals surface area contributed by atoms with Gasteiger partial charge in [-0.25, -0.2) is 9.99 Å². The number of aryl methyl sites for hydroxylation is 1. The van der Waals surface area contributed by atoms with E-state index in [1.807, 2.05) is 36.6 Å². The van der Waals surface area contributed by atoms with Gasteiger partial charge in [0.1, 0.15) is 11.8 Å². The van der Waals surface area contributed by atoms with Crippen molar-refractivity contribution >= 4 is 34.7 Å². The van der Waals surface area contributed by atoms with Gasteiger partial charge in [0.15, 0.2) is 5.16 Å². The molecule has 150 valence electrons. The summed E-state index contributed by atoms with van der Waals surface area (Å²) in [5, 5.41) is 8.53. The van der Waals surface area contributed by atoms with Crippen molar-refractivity contribution in [3.8, 4) is 0 Å². The van der Waals surface area contributed by atoms with E-state index in [0.29, 0.717) is 17.3 Å². The van der Waals surface area contributed by atoms with Crippen molar-refractivity contribution in [1.29, 1.82) is 0 Å². The number of nitrogens with zero attached hydrogens (tertiary/aromatic N) is 3. The number of hydrogen-bond donors (Lipinski definition) is 1. The van der Waals surface area contributed by atoms with Crippen LogP contribution in [0.4, 0.5) is 0 Å². The minimum Gasteiger partial charge on any atom is -0.467 e. The van der Waals surface area contributed by atoms with Crippen molar-refractivity contribution in [3.05, 3.63) is 68.7 Å². The highest BCUT2D eigenvalue weighted by Gasteiger charge is 2.35. The lowest BCUT2D eigenvalue weighted by Crippen LogP contribution is -2.28. The SMILES string of the molecule is CCCc1cc(=O)[nH]c(SCC(=O)N2N=C(c3cccs3)CC2c2ccco2)n1. The zero-order valence-electron chi connectivity index (χ0n) is 15.8. The Labute approximate surface area is 175 Å². The maximum absolute atomic E-state index is 13.0. The van der Waals surface area contributed by atoms with Crippen LogP contribution in [0.3, 0.4) is 0 Å². The summed E-state index contributed by atoms with van der Waals surface area (Å²) in [6.07, 6.45) is 3.83. The molecular weight excluding hydrogens is 408 g/mol. The average molecular weight is 429 g/mol. The van der Waals surface area contributed by atoms with Crippen LogP contribution < -0.4 is 5.56 Å². The highest BCUT2D eigenvalue weighted by molar-refractivity contribution is 7.99. The molecule has 3 aromatic rings. The number of hydrogen-bond acceptors (Lipinski definition) is 7. The highest BCUT2D eigenvalue weighted by atomic mass is 32.2. The molecule has 3 aromatic heterocycles. The van der Waals surface area contributed by atoms with Gasteiger partial charge in [-0.1, -0.05) is 31.2 Å². The van der Waals surface area contributed by atoms with E-state index in [-0.39, 0.29) is 23.3 Å². The second-order valence-corrected chi connectivity index (χ2v) is 8.49. The Morgan fingerprint density at radius 2 is 2.31 bits per heavy atom. The lowest BCUT2D eigenvalue weighted by atomic mass is 10.1. The third kappa shape index (κ3) is 4.51. The van der Waals surface area contributed by atoms with Crippen molar-refractivity contribution in [2.24, 2.45) is 5.10 Å². The number of aromatic amines is 1. The maximum Gasteiger partial charge on any atom is 0.253 e. The van der Waals surface area contributed by atoms with E-state index in [2.05, 4.69) is 15.1 Å². The average Bonchev–Trinajstić information content (AvgIpc) is 3.46.